The number of benzene rings is 2. The van der Waals surface area contributed by atoms with Gasteiger partial charge in [-0.15, -0.1) is 0 Å². The standard InChI is InChI=1S/C17H18N2O/c1-11(2)15-8-7-14(9-12(15)3)20-16-6-4-5-13(10-18)17(16)19/h4-9,11H,19H2,1-3H3. The molecule has 0 aliphatic carbocycles. The third-order valence-corrected chi connectivity index (χ3v) is 3.28. The van der Waals surface area contributed by atoms with E-state index in [1.165, 1.54) is 11.1 Å². The van der Waals surface area contributed by atoms with Crippen LogP contribution in [-0.2, 0) is 0 Å². The Hall–Kier alpha value is -2.47. The molecule has 0 aliphatic rings. The molecule has 2 N–H and O–H groups in total. The van der Waals surface area contributed by atoms with E-state index in [0.29, 0.717) is 22.9 Å². The second-order valence-electron chi connectivity index (χ2n) is 5.10. The van der Waals surface area contributed by atoms with Gasteiger partial charge in [-0.25, -0.2) is 0 Å². The van der Waals surface area contributed by atoms with E-state index in [1.807, 2.05) is 12.1 Å². The summed E-state index contributed by atoms with van der Waals surface area (Å²) >= 11 is 0. The number of ether oxygens (including phenoxy) is 1. The molecule has 102 valence electrons. The highest BCUT2D eigenvalue weighted by atomic mass is 16.5. The zero-order valence-electron chi connectivity index (χ0n) is 12.0. The fourth-order valence-electron chi connectivity index (χ4n) is 2.22. The molecule has 2 rings (SSSR count). The van der Waals surface area contributed by atoms with Gasteiger partial charge in [-0.05, 0) is 48.2 Å². The SMILES string of the molecule is Cc1cc(Oc2cccc(C#N)c2N)ccc1C(C)C. The summed E-state index contributed by atoms with van der Waals surface area (Å²) in [5.41, 5.74) is 9.20. The molecular formula is C17H18N2O. The lowest BCUT2D eigenvalue weighted by molar-refractivity contribution is 0.484. The largest absolute Gasteiger partial charge is 0.455 e. The maximum Gasteiger partial charge on any atom is 0.151 e. The number of nitriles is 1. The van der Waals surface area contributed by atoms with Gasteiger partial charge < -0.3 is 10.5 Å². The maximum atomic E-state index is 8.96. The molecule has 0 bridgehead atoms. The average Bonchev–Trinajstić information content (AvgIpc) is 2.41. The third kappa shape index (κ3) is 2.75. The van der Waals surface area contributed by atoms with E-state index in [4.69, 9.17) is 15.7 Å². The van der Waals surface area contributed by atoms with Crippen LogP contribution in [0.3, 0.4) is 0 Å². The molecule has 20 heavy (non-hydrogen) atoms. The van der Waals surface area contributed by atoms with Gasteiger partial charge in [0.05, 0.1) is 11.3 Å². The number of hydrogen-bond donors (Lipinski definition) is 1. The van der Waals surface area contributed by atoms with E-state index in [9.17, 15) is 0 Å². The number of nitrogens with two attached hydrogens (primary N) is 1. The first-order valence-electron chi connectivity index (χ1n) is 6.60. The number of nitrogen functional groups attached to an aromatic ring is 1. The number of para-hydroxylation sites is 1. The maximum absolute atomic E-state index is 8.96. The van der Waals surface area contributed by atoms with E-state index >= 15 is 0 Å². The van der Waals surface area contributed by atoms with Crippen molar-refractivity contribution < 1.29 is 4.74 Å². The van der Waals surface area contributed by atoms with Crippen molar-refractivity contribution in [2.24, 2.45) is 0 Å². The van der Waals surface area contributed by atoms with Crippen molar-refractivity contribution in [1.82, 2.24) is 0 Å². The Labute approximate surface area is 119 Å². The van der Waals surface area contributed by atoms with E-state index in [0.717, 1.165) is 5.75 Å². The highest BCUT2D eigenvalue weighted by Crippen LogP contribution is 2.31. The van der Waals surface area contributed by atoms with Gasteiger partial charge in [-0.1, -0.05) is 26.0 Å². The number of rotatable bonds is 3. The summed E-state index contributed by atoms with van der Waals surface area (Å²) in [5.74, 6) is 1.73. The second-order valence-corrected chi connectivity index (χ2v) is 5.10. The first-order chi connectivity index (χ1) is 9.52. The van der Waals surface area contributed by atoms with Gasteiger partial charge in [0, 0.05) is 0 Å². The quantitative estimate of drug-likeness (QED) is 0.839. The van der Waals surface area contributed by atoms with Crippen LogP contribution in [0.2, 0.25) is 0 Å². The molecule has 2 aromatic carbocycles. The monoisotopic (exact) mass is 266 g/mol. The number of nitrogens with zero attached hydrogens (tertiary/aromatic N) is 1. The smallest absolute Gasteiger partial charge is 0.151 e. The van der Waals surface area contributed by atoms with Crippen LogP contribution in [-0.4, -0.2) is 0 Å². The summed E-state index contributed by atoms with van der Waals surface area (Å²) in [6.45, 7) is 6.39. The zero-order chi connectivity index (χ0) is 14.7. The molecule has 0 unspecified atom stereocenters. The molecule has 2 aromatic rings. The Bertz CT molecular complexity index is 669. The van der Waals surface area contributed by atoms with Gasteiger partial charge in [-0.3, -0.25) is 0 Å². The zero-order valence-corrected chi connectivity index (χ0v) is 12.0. The Morgan fingerprint density at radius 2 is 1.95 bits per heavy atom. The summed E-state index contributed by atoms with van der Waals surface area (Å²) in [7, 11) is 0. The molecule has 0 spiro atoms. The Morgan fingerprint density at radius 3 is 2.55 bits per heavy atom. The molecule has 0 saturated heterocycles. The van der Waals surface area contributed by atoms with Crippen LogP contribution in [0.4, 0.5) is 5.69 Å². The summed E-state index contributed by atoms with van der Waals surface area (Å²) in [6, 6.07) is 13.3. The van der Waals surface area contributed by atoms with Crippen molar-refractivity contribution in [3.8, 4) is 17.6 Å². The summed E-state index contributed by atoms with van der Waals surface area (Å²) in [4.78, 5) is 0. The fourth-order valence-corrected chi connectivity index (χ4v) is 2.22. The van der Waals surface area contributed by atoms with Gasteiger partial charge in [-0.2, -0.15) is 5.26 Å². The predicted octanol–water partition coefficient (Wildman–Crippen LogP) is 4.36. The summed E-state index contributed by atoms with van der Waals surface area (Å²) < 4.78 is 5.79. The van der Waals surface area contributed by atoms with Crippen molar-refractivity contribution >= 4 is 5.69 Å². The van der Waals surface area contributed by atoms with E-state index in [-0.39, 0.29) is 0 Å². The summed E-state index contributed by atoms with van der Waals surface area (Å²) in [6.07, 6.45) is 0. The van der Waals surface area contributed by atoms with Gasteiger partial charge in [0.2, 0.25) is 0 Å². The molecule has 0 heterocycles. The number of anilines is 1. The van der Waals surface area contributed by atoms with Crippen molar-refractivity contribution in [2.75, 3.05) is 5.73 Å². The molecule has 0 radical (unpaired) electrons. The van der Waals surface area contributed by atoms with E-state index in [1.54, 1.807) is 18.2 Å². The van der Waals surface area contributed by atoms with Crippen LogP contribution in [0.1, 0.15) is 36.5 Å². The molecule has 0 saturated carbocycles. The summed E-state index contributed by atoms with van der Waals surface area (Å²) in [5, 5.41) is 8.96. The van der Waals surface area contributed by atoms with Gasteiger partial charge in [0.25, 0.3) is 0 Å². The minimum Gasteiger partial charge on any atom is -0.455 e. The van der Waals surface area contributed by atoms with Crippen molar-refractivity contribution in [2.45, 2.75) is 26.7 Å². The molecular weight excluding hydrogens is 248 g/mol. The minimum absolute atomic E-state index is 0.376. The van der Waals surface area contributed by atoms with Crippen LogP contribution in [0, 0.1) is 18.3 Å². The first kappa shape index (κ1) is 14.0. The number of hydrogen-bond acceptors (Lipinski definition) is 3. The van der Waals surface area contributed by atoms with Crippen LogP contribution < -0.4 is 10.5 Å². The fraction of sp³-hybridized carbons (Fsp3) is 0.235. The van der Waals surface area contributed by atoms with Crippen molar-refractivity contribution in [1.29, 1.82) is 5.26 Å². The van der Waals surface area contributed by atoms with Gasteiger partial charge >= 0.3 is 0 Å². The van der Waals surface area contributed by atoms with Crippen molar-refractivity contribution in [3.05, 3.63) is 53.1 Å². The molecule has 3 heteroatoms. The molecule has 3 nitrogen and oxygen atoms in total. The first-order valence-corrected chi connectivity index (χ1v) is 6.60. The van der Waals surface area contributed by atoms with E-state index < -0.39 is 0 Å². The molecule has 0 amide bonds. The van der Waals surface area contributed by atoms with Crippen LogP contribution in [0.25, 0.3) is 0 Å². The lowest BCUT2D eigenvalue weighted by Crippen LogP contribution is -1.97. The minimum atomic E-state index is 0.376. The van der Waals surface area contributed by atoms with Crippen LogP contribution in [0.5, 0.6) is 11.5 Å². The molecule has 0 atom stereocenters. The lowest BCUT2D eigenvalue weighted by Gasteiger charge is -2.13. The second kappa shape index (κ2) is 5.66. The van der Waals surface area contributed by atoms with Crippen molar-refractivity contribution in [3.63, 3.8) is 0 Å². The average molecular weight is 266 g/mol. The topological polar surface area (TPSA) is 59.0 Å². The molecule has 0 aromatic heterocycles. The van der Waals surface area contributed by atoms with E-state index in [2.05, 4.69) is 32.9 Å². The normalized spacial score (nSPS) is 10.3. The predicted molar refractivity (Wildman–Crippen MR) is 80.9 cm³/mol. The third-order valence-electron chi connectivity index (χ3n) is 3.28. The Balaban J connectivity index is 2.32. The van der Waals surface area contributed by atoms with Crippen LogP contribution >= 0.6 is 0 Å². The number of aryl methyl sites for hydroxylation is 1. The highest BCUT2D eigenvalue weighted by Gasteiger charge is 2.09. The van der Waals surface area contributed by atoms with Gasteiger partial charge in [0.1, 0.15) is 11.8 Å². The Morgan fingerprint density at radius 1 is 1.20 bits per heavy atom. The lowest BCUT2D eigenvalue weighted by atomic mass is 9.98. The molecule has 0 fully saturated rings. The Kier molecular flexibility index (Phi) is 3.95. The van der Waals surface area contributed by atoms with Crippen LogP contribution in [0.15, 0.2) is 36.4 Å². The molecule has 0 aliphatic heterocycles. The van der Waals surface area contributed by atoms with Gasteiger partial charge in [0.15, 0.2) is 5.75 Å². The highest BCUT2D eigenvalue weighted by molar-refractivity contribution is 5.64.